The lowest BCUT2D eigenvalue weighted by atomic mass is 9.99. The lowest BCUT2D eigenvalue weighted by Crippen LogP contribution is -2.38. The summed E-state index contributed by atoms with van der Waals surface area (Å²) in [5.41, 5.74) is 0.728. The van der Waals surface area contributed by atoms with Gasteiger partial charge in [-0.3, -0.25) is 4.79 Å². The highest BCUT2D eigenvalue weighted by atomic mass is 127. The number of nitrogens with one attached hydrogen (secondary N) is 1. The molecule has 0 bridgehead atoms. The van der Waals surface area contributed by atoms with Crippen LogP contribution >= 0.6 is 22.6 Å². The van der Waals surface area contributed by atoms with Gasteiger partial charge in [0.15, 0.2) is 0 Å². The fraction of sp³-hybridized carbons (Fsp3) is 0.471. The van der Waals surface area contributed by atoms with E-state index in [1.54, 1.807) is 6.20 Å². The molecule has 0 aliphatic carbocycles. The molecular weight excluding hydrogens is 421 g/mol. The maximum absolute atomic E-state index is 12.2. The highest BCUT2D eigenvalue weighted by Crippen LogP contribution is 2.18. The molecule has 0 saturated carbocycles. The van der Waals surface area contributed by atoms with Crippen molar-refractivity contribution in [2.24, 2.45) is 5.92 Å². The molecule has 1 amide bonds. The highest BCUT2D eigenvalue weighted by molar-refractivity contribution is 14.1. The van der Waals surface area contributed by atoms with Gasteiger partial charge in [-0.1, -0.05) is 6.92 Å². The number of rotatable bonds is 6. The van der Waals surface area contributed by atoms with Crippen LogP contribution < -0.4 is 5.32 Å². The molecule has 0 radical (unpaired) electrons. The van der Waals surface area contributed by atoms with Crippen LogP contribution in [0.3, 0.4) is 0 Å². The fourth-order valence-electron chi connectivity index (χ4n) is 2.55. The highest BCUT2D eigenvalue weighted by Gasteiger charge is 2.19. The average Bonchev–Trinajstić information content (AvgIpc) is 2.55. The Morgan fingerprint density at radius 3 is 2.79 bits per heavy atom. The van der Waals surface area contributed by atoms with Gasteiger partial charge in [0.25, 0.3) is 0 Å². The number of carboxylic acids is 1. The number of carboxylic acid groups (broad SMARTS) is 1. The molecule has 0 unspecified atom stereocenters. The van der Waals surface area contributed by atoms with Crippen LogP contribution in [0.25, 0.3) is 6.08 Å². The van der Waals surface area contributed by atoms with Crippen molar-refractivity contribution in [1.82, 2.24) is 9.88 Å². The Kier molecular flexibility index (Phi) is 7.01. The normalized spacial score (nSPS) is 15.7. The predicted molar refractivity (Wildman–Crippen MR) is 102 cm³/mol. The van der Waals surface area contributed by atoms with Gasteiger partial charge in [-0.25, -0.2) is 9.78 Å². The summed E-state index contributed by atoms with van der Waals surface area (Å²) in [5.74, 6) is 0.623. The number of carbonyl (C=O) groups excluding carboxylic acids is 1. The molecule has 1 aliphatic heterocycles. The van der Waals surface area contributed by atoms with Gasteiger partial charge in [0.05, 0.1) is 3.57 Å². The lowest BCUT2D eigenvalue weighted by Gasteiger charge is -2.30. The number of aromatic nitrogens is 1. The minimum absolute atomic E-state index is 0.186. The van der Waals surface area contributed by atoms with Crippen molar-refractivity contribution < 1.29 is 14.7 Å². The van der Waals surface area contributed by atoms with Gasteiger partial charge < -0.3 is 15.3 Å². The SMILES string of the molecule is CC1CCN(C(=O)CCNc2ncc(/C=C/C(=O)O)cc2I)CC1. The minimum atomic E-state index is -0.988. The summed E-state index contributed by atoms with van der Waals surface area (Å²) >= 11 is 2.14. The smallest absolute Gasteiger partial charge is 0.328 e. The molecule has 7 heteroatoms. The van der Waals surface area contributed by atoms with Gasteiger partial charge in [-0.05, 0) is 59.1 Å². The van der Waals surface area contributed by atoms with Gasteiger partial charge in [-0.2, -0.15) is 0 Å². The van der Waals surface area contributed by atoms with Gasteiger partial charge in [0.1, 0.15) is 5.82 Å². The van der Waals surface area contributed by atoms with Crippen molar-refractivity contribution >= 4 is 46.4 Å². The number of halogens is 1. The van der Waals surface area contributed by atoms with E-state index in [0.717, 1.165) is 41.1 Å². The van der Waals surface area contributed by atoms with E-state index in [2.05, 4.69) is 39.8 Å². The quantitative estimate of drug-likeness (QED) is 0.522. The third kappa shape index (κ3) is 5.77. The molecule has 0 aromatic carbocycles. The summed E-state index contributed by atoms with van der Waals surface area (Å²) in [5, 5.41) is 11.8. The van der Waals surface area contributed by atoms with Crippen molar-refractivity contribution in [2.45, 2.75) is 26.2 Å². The minimum Gasteiger partial charge on any atom is -0.478 e. The van der Waals surface area contributed by atoms with Gasteiger partial charge >= 0.3 is 5.97 Å². The number of likely N-dealkylation sites (tertiary alicyclic amines) is 1. The van der Waals surface area contributed by atoms with Gasteiger partial charge in [-0.15, -0.1) is 0 Å². The molecule has 2 rings (SSSR count). The second-order valence-corrected chi connectivity index (χ2v) is 7.17. The number of pyridine rings is 1. The first-order valence-electron chi connectivity index (χ1n) is 8.04. The molecule has 0 spiro atoms. The zero-order chi connectivity index (χ0) is 17.5. The van der Waals surface area contributed by atoms with Crippen molar-refractivity contribution in [3.8, 4) is 0 Å². The molecular formula is C17H22IN3O3. The summed E-state index contributed by atoms with van der Waals surface area (Å²) in [4.78, 5) is 28.9. The summed E-state index contributed by atoms with van der Waals surface area (Å²) in [6.45, 7) is 4.49. The van der Waals surface area contributed by atoms with Crippen LogP contribution in [0, 0.1) is 9.49 Å². The molecule has 0 atom stereocenters. The summed E-state index contributed by atoms with van der Waals surface area (Å²) in [6.07, 6.45) is 6.82. The molecule has 1 aromatic heterocycles. The van der Waals surface area contributed by atoms with E-state index >= 15 is 0 Å². The number of anilines is 1. The molecule has 1 aromatic rings. The molecule has 1 saturated heterocycles. The van der Waals surface area contributed by atoms with Crippen molar-refractivity contribution in [3.05, 3.63) is 27.5 Å². The summed E-state index contributed by atoms with van der Waals surface area (Å²) in [6, 6.07) is 1.85. The summed E-state index contributed by atoms with van der Waals surface area (Å²) in [7, 11) is 0. The standard InChI is InChI=1S/C17H22IN3O3/c1-12-5-8-21(9-6-12)15(22)4-7-19-17-14(18)10-13(11-20-17)2-3-16(23)24/h2-3,10-12H,4-9H2,1H3,(H,19,20)(H,23,24)/b3-2+. The van der Waals surface area contributed by atoms with E-state index in [9.17, 15) is 9.59 Å². The third-order valence-corrected chi connectivity index (χ3v) is 4.87. The third-order valence-electron chi connectivity index (χ3n) is 4.05. The first-order chi connectivity index (χ1) is 11.5. The second kappa shape index (κ2) is 9.00. The van der Waals surface area contributed by atoms with Crippen LogP contribution in [-0.2, 0) is 9.59 Å². The van der Waals surface area contributed by atoms with Crippen molar-refractivity contribution in [3.63, 3.8) is 0 Å². The molecule has 24 heavy (non-hydrogen) atoms. The Bertz CT molecular complexity index is 626. The maximum Gasteiger partial charge on any atom is 0.328 e. The number of hydrogen-bond acceptors (Lipinski definition) is 4. The largest absolute Gasteiger partial charge is 0.478 e. The zero-order valence-corrected chi connectivity index (χ0v) is 15.8. The monoisotopic (exact) mass is 443 g/mol. The Morgan fingerprint density at radius 2 is 2.17 bits per heavy atom. The first kappa shape index (κ1) is 18.7. The molecule has 130 valence electrons. The van der Waals surface area contributed by atoms with E-state index in [-0.39, 0.29) is 5.91 Å². The number of aliphatic carboxylic acids is 1. The maximum atomic E-state index is 12.2. The Morgan fingerprint density at radius 1 is 1.46 bits per heavy atom. The van der Waals surface area contributed by atoms with Crippen LogP contribution in [-0.4, -0.2) is 46.5 Å². The Labute approximate surface area is 155 Å². The van der Waals surface area contributed by atoms with Gasteiger partial charge in [0.2, 0.25) is 5.91 Å². The number of hydrogen-bond donors (Lipinski definition) is 2. The van der Waals surface area contributed by atoms with Crippen LogP contribution in [0.1, 0.15) is 31.7 Å². The van der Waals surface area contributed by atoms with Crippen molar-refractivity contribution in [2.75, 3.05) is 25.0 Å². The predicted octanol–water partition coefficient (Wildman–Crippen LogP) is 2.84. The second-order valence-electron chi connectivity index (χ2n) is 6.01. The van der Waals surface area contributed by atoms with E-state index in [4.69, 9.17) is 5.11 Å². The number of amides is 1. The number of carbonyl (C=O) groups is 2. The van der Waals surface area contributed by atoms with Crippen LogP contribution in [0.2, 0.25) is 0 Å². The molecule has 1 aliphatic rings. The fourth-order valence-corrected chi connectivity index (χ4v) is 3.23. The van der Waals surface area contributed by atoms with Crippen LogP contribution in [0.15, 0.2) is 18.3 Å². The number of piperidine rings is 1. The Balaban J connectivity index is 1.81. The van der Waals surface area contributed by atoms with Gasteiger partial charge in [0, 0.05) is 38.3 Å². The molecule has 2 N–H and O–H groups in total. The molecule has 1 fully saturated rings. The topological polar surface area (TPSA) is 82.5 Å². The lowest BCUT2D eigenvalue weighted by molar-refractivity contribution is -0.132. The van der Waals surface area contributed by atoms with E-state index in [1.165, 1.54) is 6.08 Å². The van der Waals surface area contributed by atoms with Crippen molar-refractivity contribution in [1.29, 1.82) is 0 Å². The zero-order valence-electron chi connectivity index (χ0n) is 13.7. The Hall–Kier alpha value is -1.64. The molecule has 2 heterocycles. The van der Waals surface area contributed by atoms with E-state index in [1.807, 2.05) is 11.0 Å². The van der Waals surface area contributed by atoms with Crippen LogP contribution in [0.4, 0.5) is 5.82 Å². The average molecular weight is 443 g/mol. The van der Waals surface area contributed by atoms with Crippen LogP contribution in [0.5, 0.6) is 0 Å². The van der Waals surface area contributed by atoms with E-state index in [0.29, 0.717) is 24.7 Å². The summed E-state index contributed by atoms with van der Waals surface area (Å²) < 4.78 is 0.888. The first-order valence-corrected chi connectivity index (χ1v) is 9.12. The number of nitrogens with zero attached hydrogens (tertiary/aromatic N) is 2. The van der Waals surface area contributed by atoms with E-state index < -0.39 is 5.97 Å². The molecule has 6 nitrogen and oxygen atoms in total.